The summed E-state index contributed by atoms with van der Waals surface area (Å²) >= 11 is 3.41. The molecular weight excluding hydrogens is 422 g/mol. The minimum Gasteiger partial charge on any atom is -0.337 e. The summed E-state index contributed by atoms with van der Waals surface area (Å²) in [4.78, 5) is 10.6. The highest BCUT2D eigenvalue weighted by atomic mass is 79.9. The second kappa shape index (κ2) is 7.30. The highest BCUT2D eigenvalue weighted by Crippen LogP contribution is 2.30. The molecule has 3 rings (SSSR count). The van der Waals surface area contributed by atoms with E-state index in [4.69, 9.17) is 0 Å². The predicted octanol–water partition coefficient (Wildman–Crippen LogP) is 2.85. The highest BCUT2D eigenvalue weighted by Gasteiger charge is 2.13. The molecule has 0 atom stereocenters. The van der Waals surface area contributed by atoms with Gasteiger partial charge < -0.3 is 10.2 Å². The molecule has 0 saturated carbocycles. The Labute approximate surface area is 159 Å². The molecule has 0 aliphatic heterocycles. The summed E-state index contributed by atoms with van der Waals surface area (Å²) < 4.78 is 26.2. The van der Waals surface area contributed by atoms with E-state index >= 15 is 0 Å². The quantitative estimate of drug-likeness (QED) is 0.542. The van der Waals surface area contributed by atoms with Crippen LogP contribution >= 0.6 is 15.9 Å². The van der Waals surface area contributed by atoms with Gasteiger partial charge in [-0.05, 0) is 28.1 Å². The first-order valence-corrected chi connectivity index (χ1v) is 10.1. The lowest BCUT2D eigenvalue weighted by Gasteiger charge is -2.17. The second-order valence-corrected chi connectivity index (χ2v) is 8.03. The Morgan fingerprint density at radius 1 is 1.19 bits per heavy atom. The molecule has 0 radical (unpaired) electrons. The maximum Gasteiger partial charge on any atom is 0.231 e. The van der Waals surface area contributed by atoms with E-state index in [1.807, 2.05) is 7.05 Å². The molecule has 0 aliphatic carbocycles. The molecule has 2 heterocycles. The molecule has 2 aromatic heterocycles. The summed E-state index contributed by atoms with van der Waals surface area (Å²) in [6.07, 6.45) is 6.10. The van der Waals surface area contributed by atoms with E-state index in [1.165, 1.54) is 0 Å². The number of H-pyrrole nitrogens is 1. The topological polar surface area (TPSA) is 116 Å². The van der Waals surface area contributed by atoms with Crippen LogP contribution in [0.1, 0.15) is 0 Å². The number of benzene rings is 1. The first-order valence-electron chi connectivity index (χ1n) is 7.42. The molecule has 136 valence electrons. The molecule has 26 heavy (non-hydrogen) atoms. The molecule has 3 N–H and O–H groups in total. The lowest BCUT2D eigenvalue weighted by atomic mass is 10.2. The van der Waals surface area contributed by atoms with Gasteiger partial charge in [0.25, 0.3) is 0 Å². The van der Waals surface area contributed by atoms with Crippen molar-refractivity contribution in [3.8, 4) is 0 Å². The largest absolute Gasteiger partial charge is 0.337 e. The van der Waals surface area contributed by atoms with Crippen LogP contribution in [0.15, 0.2) is 47.3 Å². The number of halogens is 1. The van der Waals surface area contributed by atoms with E-state index < -0.39 is 10.0 Å². The zero-order valence-electron chi connectivity index (χ0n) is 13.9. The van der Waals surface area contributed by atoms with Crippen molar-refractivity contribution in [3.63, 3.8) is 0 Å². The molecule has 0 unspecified atom stereocenters. The Balaban J connectivity index is 1.92. The molecule has 11 heteroatoms. The van der Waals surface area contributed by atoms with Gasteiger partial charge in [0.2, 0.25) is 16.0 Å². The standard InChI is InChI=1S/C15H16BrN7O2S/c1-23(10-7-18-19-8-10)15-17-9-11(16)14(21-15)20-12-5-3-4-6-13(12)22-26(2,24)25/h3-9,22H,1-2H3,(H,18,19)(H,17,20,21). The van der Waals surface area contributed by atoms with Crippen LogP contribution in [0.3, 0.4) is 0 Å². The van der Waals surface area contributed by atoms with Crippen LogP contribution in [0.2, 0.25) is 0 Å². The number of hydrogen-bond acceptors (Lipinski definition) is 7. The number of sulfonamides is 1. The number of nitrogens with one attached hydrogen (secondary N) is 3. The van der Waals surface area contributed by atoms with Crippen LogP contribution in [-0.2, 0) is 10.0 Å². The van der Waals surface area contributed by atoms with Crippen molar-refractivity contribution in [1.82, 2.24) is 20.2 Å². The van der Waals surface area contributed by atoms with Gasteiger partial charge in [-0.2, -0.15) is 10.1 Å². The molecule has 0 bridgehead atoms. The maximum atomic E-state index is 11.6. The summed E-state index contributed by atoms with van der Waals surface area (Å²) in [5, 5.41) is 9.78. The number of hydrogen-bond donors (Lipinski definition) is 3. The first-order chi connectivity index (χ1) is 12.3. The van der Waals surface area contributed by atoms with Crippen LogP contribution in [0.25, 0.3) is 0 Å². The number of aromatic nitrogens is 4. The van der Waals surface area contributed by atoms with Crippen LogP contribution in [-0.4, -0.2) is 41.9 Å². The molecule has 3 aromatic rings. The first kappa shape index (κ1) is 18.1. The molecule has 1 aromatic carbocycles. The van der Waals surface area contributed by atoms with E-state index in [0.29, 0.717) is 27.6 Å². The van der Waals surface area contributed by atoms with Gasteiger partial charge in [-0.15, -0.1) is 0 Å². The highest BCUT2D eigenvalue weighted by molar-refractivity contribution is 9.10. The number of rotatable bonds is 6. The van der Waals surface area contributed by atoms with Crippen LogP contribution < -0.4 is 14.9 Å². The van der Waals surface area contributed by atoms with E-state index in [1.54, 1.807) is 47.8 Å². The third-order valence-corrected chi connectivity index (χ3v) is 4.55. The number of aromatic amines is 1. The summed E-state index contributed by atoms with van der Waals surface area (Å²) in [5.74, 6) is 0.943. The zero-order valence-corrected chi connectivity index (χ0v) is 16.3. The predicted molar refractivity (Wildman–Crippen MR) is 105 cm³/mol. The van der Waals surface area contributed by atoms with E-state index in [9.17, 15) is 8.42 Å². The zero-order chi connectivity index (χ0) is 18.7. The summed E-state index contributed by atoms with van der Waals surface area (Å²) in [6.45, 7) is 0. The Bertz CT molecular complexity index is 1010. The minimum absolute atomic E-state index is 0.422. The van der Waals surface area contributed by atoms with Crippen molar-refractivity contribution < 1.29 is 8.42 Å². The molecular formula is C15H16BrN7O2S. The Hall–Kier alpha value is -2.66. The normalized spacial score (nSPS) is 11.2. The van der Waals surface area contributed by atoms with Gasteiger partial charge in [-0.3, -0.25) is 9.82 Å². The molecule has 0 fully saturated rings. The van der Waals surface area contributed by atoms with Crippen LogP contribution in [0.5, 0.6) is 0 Å². The lowest BCUT2D eigenvalue weighted by molar-refractivity contribution is 0.607. The van der Waals surface area contributed by atoms with Gasteiger partial charge in [-0.25, -0.2) is 13.4 Å². The fraction of sp³-hybridized carbons (Fsp3) is 0.133. The summed E-state index contributed by atoms with van der Waals surface area (Å²) in [7, 11) is -1.59. The van der Waals surface area contributed by atoms with Gasteiger partial charge in [0.05, 0.1) is 34.0 Å². The summed E-state index contributed by atoms with van der Waals surface area (Å²) in [5.41, 5.74) is 1.79. The smallest absolute Gasteiger partial charge is 0.231 e. The SMILES string of the molecule is CN(c1cn[nH]c1)c1ncc(Br)c(Nc2ccccc2NS(C)(=O)=O)n1. The molecule has 0 aliphatic rings. The minimum atomic E-state index is -3.41. The van der Waals surface area contributed by atoms with Gasteiger partial charge in [0, 0.05) is 19.4 Å². The van der Waals surface area contributed by atoms with Gasteiger partial charge in [0.15, 0.2) is 0 Å². The Kier molecular flexibility index (Phi) is 5.09. The van der Waals surface area contributed by atoms with Crippen molar-refractivity contribution >= 4 is 54.8 Å². The molecule has 0 saturated heterocycles. The van der Waals surface area contributed by atoms with E-state index in [2.05, 4.69) is 46.1 Å². The van der Waals surface area contributed by atoms with Crippen molar-refractivity contribution in [2.75, 3.05) is 28.2 Å². The maximum absolute atomic E-state index is 11.6. The fourth-order valence-corrected chi connectivity index (χ4v) is 3.03. The Morgan fingerprint density at radius 3 is 2.58 bits per heavy atom. The molecule has 0 spiro atoms. The molecule has 9 nitrogen and oxygen atoms in total. The van der Waals surface area contributed by atoms with Crippen molar-refractivity contribution in [1.29, 1.82) is 0 Å². The molecule has 0 amide bonds. The van der Waals surface area contributed by atoms with Crippen LogP contribution in [0.4, 0.5) is 28.8 Å². The van der Waals surface area contributed by atoms with Crippen molar-refractivity contribution in [2.45, 2.75) is 0 Å². The van der Waals surface area contributed by atoms with Gasteiger partial charge >= 0.3 is 0 Å². The lowest BCUT2D eigenvalue weighted by Crippen LogP contribution is -2.14. The average molecular weight is 438 g/mol. The Morgan fingerprint density at radius 2 is 1.92 bits per heavy atom. The third kappa shape index (κ3) is 4.29. The number of para-hydroxylation sites is 2. The van der Waals surface area contributed by atoms with Gasteiger partial charge in [-0.1, -0.05) is 12.1 Å². The summed E-state index contributed by atoms with van der Waals surface area (Å²) in [6, 6.07) is 6.95. The second-order valence-electron chi connectivity index (χ2n) is 5.43. The van der Waals surface area contributed by atoms with Crippen molar-refractivity contribution in [3.05, 3.63) is 47.3 Å². The van der Waals surface area contributed by atoms with Gasteiger partial charge in [0.1, 0.15) is 5.82 Å². The average Bonchev–Trinajstić information content (AvgIpc) is 3.11. The number of anilines is 5. The van der Waals surface area contributed by atoms with Crippen LogP contribution in [0, 0.1) is 0 Å². The van der Waals surface area contributed by atoms with E-state index in [0.717, 1.165) is 11.9 Å². The third-order valence-electron chi connectivity index (χ3n) is 3.38. The van der Waals surface area contributed by atoms with Crippen molar-refractivity contribution in [2.24, 2.45) is 0 Å². The van der Waals surface area contributed by atoms with E-state index in [-0.39, 0.29) is 0 Å². The monoisotopic (exact) mass is 437 g/mol. The fourth-order valence-electron chi connectivity index (χ4n) is 2.16. The number of nitrogens with zero attached hydrogens (tertiary/aromatic N) is 4.